The van der Waals surface area contributed by atoms with E-state index in [1.807, 2.05) is 0 Å². The van der Waals surface area contributed by atoms with E-state index in [9.17, 15) is 14.4 Å². The van der Waals surface area contributed by atoms with Crippen LogP contribution in [0.4, 0.5) is 0 Å². The highest BCUT2D eigenvalue weighted by Gasteiger charge is 2.19. The molecule has 79 heavy (non-hydrogen) atoms. The van der Waals surface area contributed by atoms with Crippen molar-refractivity contribution in [2.45, 2.75) is 297 Å². The summed E-state index contributed by atoms with van der Waals surface area (Å²) in [5, 5.41) is 0. The Labute approximate surface area is 487 Å². The van der Waals surface area contributed by atoms with Crippen LogP contribution in [-0.2, 0) is 28.6 Å². The van der Waals surface area contributed by atoms with Gasteiger partial charge in [0.25, 0.3) is 0 Å². The van der Waals surface area contributed by atoms with E-state index in [4.69, 9.17) is 14.2 Å². The smallest absolute Gasteiger partial charge is 0.306 e. The zero-order valence-corrected chi connectivity index (χ0v) is 51.3. The van der Waals surface area contributed by atoms with Crippen molar-refractivity contribution in [2.75, 3.05) is 13.2 Å². The van der Waals surface area contributed by atoms with Gasteiger partial charge in [0.1, 0.15) is 13.2 Å². The van der Waals surface area contributed by atoms with Crippen molar-refractivity contribution < 1.29 is 28.6 Å². The number of esters is 3. The maximum absolute atomic E-state index is 12.9. The third kappa shape index (κ3) is 64.3. The van der Waals surface area contributed by atoms with E-state index in [-0.39, 0.29) is 37.5 Å². The molecule has 0 N–H and O–H groups in total. The van der Waals surface area contributed by atoms with E-state index < -0.39 is 6.10 Å². The molecule has 448 valence electrons. The van der Waals surface area contributed by atoms with Crippen LogP contribution in [-0.4, -0.2) is 37.2 Å². The number of allylic oxidation sites excluding steroid dienone is 22. The first-order valence-electron chi connectivity index (χ1n) is 32.7. The van der Waals surface area contributed by atoms with Crippen LogP contribution in [0, 0.1) is 0 Å². The molecule has 1 unspecified atom stereocenters. The van der Waals surface area contributed by atoms with Crippen LogP contribution in [0.5, 0.6) is 0 Å². The Bertz CT molecular complexity index is 1680. The number of hydrogen-bond donors (Lipinski definition) is 0. The summed E-state index contributed by atoms with van der Waals surface area (Å²) in [6.07, 6.45) is 93.3. The first-order valence-corrected chi connectivity index (χ1v) is 32.7. The van der Waals surface area contributed by atoms with Crippen molar-refractivity contribution in [2.24, 2.45) is 0 Å². The van der Waals surface area contributed by atoms with Gasteiger partial charge in [0.05, 0.1) is 0 Å². The maximum atomic E-state index is 12.9. The Balaban J connectivity index is 4.33. The third-order valence-corrected chi connectivity index (χ3v) is 13.6. The van der Waals surface area contributed by atoms with Gasteiger partial charge in [-0.15, -0.1) is 0 Å². The molecule has 0 bridgehead atoms. The molecule has 0 radical (unpaired) electrons. The topological polar surface area (TPSA) is 78.9 Å². The molecule has 0 aliphatic rings. The standard InChI is InChI=1S/C73H120O6/c1-4-7-10-13-16-19-22-25-27-29-31-32-33-34-35-36-37-38-39-40-42-43-45-48-51-54-57-60-63-66-72(75)78-69-70(68-77-71(74)65-62-59-56-53-50-47-24-21-18-15-12-9-6-3)79-73(76)67-64-61-58-55-52-49-46-44-41-30-28-26-23-20-17-14-11-8-5-2/h8-9,11-12,17-18,20-22,25-26,28-29,31,33-34,41,44,47,49-50,52,70H,4-7,10,13-16,19,23-24,27,30,32,35-40,42-43,45-46,48,51,53-69H2,1-3H3/b11-8-,12-9-,20-17-,21-18-,25-22-,28-26-,31-29-,34-33-,44-41-,50-47-,52-49-. The van der Waals surface area contributed by atoms with Gasteiger partial charge in [0.15, 0.2) is 6.10 Å². The summed E-state index contributed by atoms with van der Waals surface area (Å²) in [5.41, 5.74) is 0. The number of carbonyl (C=O) groups is 3. The van der Waals surface area contributed by atoms with Gasteiger partial charge in [-0.3, -0.25) is 14.4 Å². The Kier molecular flexibility index (Phi) is 62.3. The van der Waals surface area contributed by atoms with Crippen molar-refractivity contribution >= 4 is 17.9 Å². The molecule has 6 nitrogen and oxygen atoms in total. The van der Waals surface area contributed by atoms with Gasteiger partial charge in [-0.2, -0.15) is 0 Å². The number of rotatable bonds is 58. The fourth-order valence-corrected chi connectivity index (χ4v) is 8.79. The maximum Gasteiger partial charge on any atom is 0.306 e. The van der Waals surface area contributed by atoms with E-state index in [2.05, 4.69) is 154 Å². The minimum atomic E-state index is -0.813. The number of unbranched alkanes of at least 4 members (excludes halogenated alkanes) is 25. The fraction of sp³-hybridized carbons (Fsp3) is 0.658. The lowest BCUT2D eigenvalue weighted by Gasteiger charge is -2.18. The van der Waals surface area contributed by atoms with Crippen LogP contribution < -0.4 is 0 Å². The third-order valence-electron chi connectivity index (χ3n) is 13.6. The molecule has 0 fully saturated rings. The van der Waals surface area contributed by atoms with E-state index in [0.29, 0.717) is 19.3 Å². The number of ether oxygens (including phenoxy) is 3. The minimum absolute atomic E-state index is 0.104. The number of carbonyl (C=O) groups excluding carboxylic acids is 3. The van der Waals surface area contributed by atoms with Crippen molar-refractivity contribution in [3.63, 3.8) is 0 Å². The van der Waals surface area contributed by atoms with Gasteiger partial charge < -0.3 is 14.2 Å². The van der Waals surface area contributed by atoms with E-state index in [0.717, 1.165) is 128 Å². The fourth-order valence-electron chi connectivity index (χ4n) is 8.79. The molecule has 0 aliphatic carbocycles. The van der Waals surface area contributed by atoms with Crippen LogP contribution in [0.25, 0.3) is 0 Å². The molecule has 6 heteroatoms. The largest absolute Gasteiger partial charge is 0.462 e. The molecule has 0 aliphatic heterocycles. The average molecular weight is 1090 g/mol. The summed E-state index contributed by atoms with van der Waals surface area (Å²) >= 11 is 0. The second-order valence-corrected chi connectivity index (χ2v) is 21.3. The zero-order valence-electron chi connectivity index (χ0n) is 51.3. The van der Waals surface area contributed by atoms with Gasteiger partial charge in [0.2, 0.25) is 0 Å². The summed E-state index contributed by atoms with van der Waals surface area (Å²) in [7, 11) is 0. The molecule has 0 saturated carbocycles. The zero-order chi connectivity index (χ0) is 57.1. The Hall–Kier alpha value is -4.45. The van der Waals surface area contributed by atoms with Crippen LogP contribution in [0.1, 0.15) is 290 Å². The molecule has 0 aromatic rings. The Morgan fingerprint density at radius 3 is 0.785 bits per heavy atom. The first-order chi connectivity index (χ1) is 39.0. The molecule has 0 rings (SSSR count). The lowest BCUT2D eigenvalue weighted by atomic mass is 10.0. The van der Waals surface area contributed by atoms with E-state index >= 15 is 0 Å². The quantitative estimate of drug-likeness (QED) is 0.0261. The highest BCUT2D eigenvalue weighted by atomic mass is 16.6. The summed E-state index contributed by atoms with van der Waals surface area (Å²) < 4.78 is 16.9. The summed E-state index contributed by atoms with van der Waals surface area (Å²) in [6, 6.07) is 0. The van der Waals surface area contributed by atoms with E-state index in [1.54, 1.807) is 0 Å². The van der Waals surface area contributed by atoms with Gasteiger partial charge in [0, 0.05) is 19.3 Å². The summed E-state index contributed by atoms with van der Waals surface area (Å²) in [6.45, 7) is 6.35. The molecule has 1 atom stereocenters. The molecule has 0 heterocycles. The van der Waals surface area contributed by atoms with Crippen molar-refractivity contribution in [1.82, 2.24) is 0 Å². The van der Waals surface area contributed by atoms with Gasteiger partial charge in [-0.05, 0) is 135 Å². The van der Waals surface area contributed by atoms with Crippen molar-refractivity contribution in [3.05, 3.63) is 134 Å². The monoisotopic (exact) mass is 1090 g/mol. The predicted octanol–water partition coefficient (Wildman–Crippen LogP) is 22.5. The average Bonchev–Trinajstić information content (AvgIpc) is 3.45. The van der Waals surface area contributed by atoms with Gasteiger partial charge in [-0.1, -0.05) is 270 Å². The molecular weight excluding hydrogens is 973 g/mol. The van der Waals surface area contributed by atoms with Gasteiger partial charge in [-0.25, -0.2) is 0 Å². The predicted molar refractivity (Wildman–Crippen MR) is 343 cm³/mol. The van der Waals surface area contributed by atoms with Crippen LogP contribution in [0.15, 0.2) is 134 Å². The second kappa shape index (κ2) is 66.1. The van der Waals surface area contributed by atoms with Crippen molar-refractivity contribution in [3.8, 4) is 0 Å². The molecule has 0 saturated heterocycles. The molecular formula is C73H120O6. The molecule has 0 amide bonds. The highest BCUT2D eigenvalue weighted by molar-refractivity contribution is 5.71. The lowest BCUT2D eigenvalue weighted by molar-refractivity contribution is -0.167. The van der Waals surface area contributed by atoms with Crippen LogP contribution >= 0.6 is 0 Å². The Morgan fingerprint density at radius 2 is 0.494 bits per heavy atom. The molecule has 0 spiro atoms. The van der Waals surface area contributed by atoms with E-state index in [1.165, 1.54) is 116 Å². The second-order valence-electron chi connectivity index (χ2n) is 21.3. The first kappa shape index (κ1) is 74.5. The van der Waals surface area contributed by atoms with Crippen LogP contribution in [0.3, 0.4) is 0 Å². The SMILES string of the molecule is CC/C=C\C/C=C\C/C=C\C/C=C\C/C=C\CCCCCC(=O)OC(COC(=O)CCCCC/C=C\C/C=C\C/C=C\CC)COC(=O)CCCCCCCCCCCCCCCC/C=C\C/C=C\C/C=C\CCCCCCC. The summed E-state index contributed by atoms with van der Waals surface area (Å²) in [4.78, 5) is 38.3. The van der Waals surface area contributed by atoms with Crippen LogP contribution in [0.2, 0.25) is 0 Å². The molecule has 0 aromatic heterocycles. The lowest BCUT2D eigenvalue weighted by Crippen LogP contribution is -2.30. The Morgan fingerprint density at radius 1 is 0.266 bits per heavy atom. The molecule has 0 aromatic carbocycles. The highest BCUT2D eigenvalue weighted by Crippen LogP contribution is 2.16. The summed E-state index contributed by atoms with van der Waals surface area (Å²) in [5.74, 6) is -0.966. The van der Waals surface area contributed by atoms with Gasteiger partial charge >= 0.3 is 17.9 Å². The normalized spacial score (nSPS) is 13.0. The number of hydrogen-bond acceptors (Lipinski definition) is 6. The minimum Gasteiger partial charge on any atom is -0.462 e. The van der Waals surface area contributed by atoms with Crippen molar-refractivity contribution in [1.29, 1.82) is 0 Å².